The predicted octanol–water partition coefficient (Wildman–Crippen LogP) is 2.93. The standard InChI is InChI=1S/C14H11FN2OS/c15-10-3-1-2-4-12(10)19-8-5-6-9-11(7-8)17-14(18)13(9)16/h1-7,13H,16H2,(H,17,18). The summed E-state index contributed by atoms with van der Waals surface area (Å²) in [6.45, 7) is 0. The second-order valence-electron chi connectivity index (χ2n) is 4.25. The molecular weight excluding hydrogens is 263 g/mol. The lowest BCUT2D eigenvalue weighted by atomic mass is 10.1. The van der Waals surface area contributed by atoms with Gasteiger partial charge in [0.25, 0.3) is 0 Å². The molecule has 5 heteroatoms. The molecule has 2 aromatic rings. The number of anilines is 1. The number of nitrogens with one attached hydrogen (secondary N) is 1. The smallest absolute Gasteiger partial charge is 0.245 e. The Bertz CT molecular complexity index is 660. The first kappa shape index (κ1) is 12.2. The van der Waals surface area contributed by atoms with Gasteiger partial charge in [0, 0.05) is 21.0 Å². The molecule has 0 fully saturated rings. The molecule has 0 radical (unpaired) electrons. The number of amides is 1. The van der Waals surface area contributed by atoms with Crippen LogP contribution in [0.25, 0.3) is 0 Å². The summed E-state index contributed by atoms with van der Waals surface area (Å²) in [5.41, 5.74) is 7.23. The van der Waals surface area contributed by atoms with Crippen molar-refractivity contribution >= 4 is 23.4 Å². The van der Waals surface area contributed by atoms with Crippen molar-refractivity contribution in [3.63, 3.8) is 0 Å². The zero-order valence-electron chi connectivity index (χ0n) is 9.89. The molecule has 1 amide bonds. The number of carbonyl (C=O) groups excluding carboxylic acids is 1. The summed E-state index contributed by atoms with van der Waals surface area (Å²) in [5.74, 6) is -0.461. The van der Waals surface area contributed by atoms with Crippen LogP contribution in [-0.2, 0) is 4.79 Å². The maximum atomic E-state index is 13.6. The molecule has 1 aliphatic heterocycles. The summed E-state index contributed by atoms with van der Waals surface area (Å²) in [5, 5.41) is 2.72. The van der Waals surface area contributed by atoms with Crippen molar-refractivity contribution in [2.75, 3.05) is 5.32 Å². The first-order valence-electron chi connectivity index (χ1n) is 5.78. The van der Waals surface area contributed by atoms with Gasteiger partial charge in [-0.3, -0.25) is 4.79 Å². The summed E-state index contributed by atoms with van der Waals surface area (Å²) in [4.78, 5) is 12.9. The van der Waals surface area contributed by atoms with Crippen molar-refractivity contribution in [1.82, 2.24) is 0 Å². The minimum atomic E-state index is -0.609. The molecule has 0 bridgehead atoms. The fourth-order valence-electron chi connectivity index (χ4n) is 1.98. The molecule has 2 aromatic carbocycles. The topological polar surface area (TPSA) is 55.1 Å². The highest BCUT2D eigenvalue weighted by Crippen LogP contribution is 2.36. The number of rotatable bonds is 2. The summed E-state index contributed by atoms with van der Waals surface area (Å²) in [6.07, 6.45) is 0. The van der Waals surface area contributed by atoms with E-state index in [1.54, 1.807) is 24.3 Å². The van der Waals surface area contributed by atoms with Gasteiger partial charge in [-0.05, 0) is 24.3 Å². The molecule has 0 aliphatic carbocycles. The number of carbonyl (C=O) groups is 1. The quantitative estimate of drug-likeness (QED) is 0.885. The average Bonchev–Trinajstić information content (AvgIpc) is 2.68. The lowest BCUT2D eigenvalue weighted by Crippen LogP contribution is -2.19. The van der Waals surface area contributed by atoms with E-state index in [-0.39, 0.29) is 11.7 Å². The Morgan fingerprint density at radius 2 is 2.00 bits per heavy atom. The Balaban J connectivity index is 1.91. The Morgan fingerprint density at radius 1 is 1.21 bits per heavy atom. The number of nitrogens with two attached hydrogens (primary N) is 1. The molecule has 1 unspecified atom stereocenters. The van der Waals surface area contributed by atoms with E-state index in [1.807, 2.05) is 12.1 Å². The predicted molar refractivity (Wildman–Crippen MR) is 72.5 cm³/mol. The molecular formula is C14H11FN2OS. The van der Waals surface area contributed by atoms with Crippen LogP contribution < -0.4 is 11.1 Å². The molecule has 3 nitrogen and oxygen atoms in total. The van der Waals surface area contributed by atoms with Gasteiger partial charge in [-0.2, -0.15) is 0 Å². The van der Waals surface area contributed by atoms with Crippen LogP contribution in [-0.4, -0.2) is 5.91 Å². The fraction of sp³-hybridized carbons (Fsp3) is 0.0714. The fourth-order valence-corrected chi connectivity index (χ4v) is 2.86. The van der Waals surface area contributed by atoms with Gasteiger partial charge < -0.3 is 11.1 Å². The Hall–Kier alpha value is -1.85. The zero-order valence-corrected chi connectivity index (χ0v) is 10.7. The van der Waals surface area contributed by atoms with Gasteiger partial charge >= 0.3 is 0 Å². The van der Waals surface area contributed by atoms with Crippen molar-refractivity contribution in [3.05, 3.63) is 53.8 Å². The average molecular weight is 274 g/mol. The lowest BCUT2D eigenvalue weighted by molar-refractivity contribution is -0.116. The molecule has 3 rings (SSSR count). The monoisotopic (exact) mass is 274 g/mol. The highest BCUT2D eigenvalue weighted by molar-refractivity contribution is 7.99. The summed E-state index contributed by atoms with van der Waals surface area (Å²) >= 11 is 1.32. The van der Waals surface area contributed by atoms with Crippen molar-refractivity contribution in [2.24, 2.45) is 5.73 Å². The summed E-state index contributed by atoms with van der Waals surface area (Å²) in [7, 11) is 0. The highest BCUT2D eigenvalue weighted by Gasteiger charge is 2.27. The van der Waals surface area contributed by atoms with Gasteiger partial charge in [0.1, 0.15) is 11.9 Å². The van der Waals surface area contributed by atoms with Crippen LogP contribution in [0.5, 0.6) is 0 Å². The van der Waals surface area contributed by atoms with E-state index in [0.717, 1.165) is 10.5 Å². The van der Waals surface area contributed by atoms with E-state index in [2.05, 4.69) is 5.32 Å². The van der Waals surface area contributed by atoms with Crippen molar-refractivity contribution in [1.29, 1.82) is 0 Å². The van der Waals surface area contributed by atoms with Gasteiger partial charge in [0.05, 0.1) is 0 Å². The second kappa shape index (κ2) is 4.68. The number of benzene rings is 2. The first-order valence-corrected chi connectivity index (χ1v) is 6.59. The molecule has 1 heterocycles. The van der Waals surface area contributed by atoms with E-state index in [0.29, 0.717) is 10.6 Å². The van der Waals surface area contributed by atoms with E-state index in [1.165, 1.54) is 17.8 Å². The van der Waals surface area contributed by atoms with Gasteiger partial charge in [0.15, 0.2) is 0 Å². The van der Waals surface area contributed by atoms with Crippen LogP contribution >= 0.6 is 11.8 Å². The molecule has 1 aliphatic rings. The molecule has 96 valence electrons. The number of halogens is 1. The number of fused-ring (bicyclic) bond motifs is 1. The second-order valence-corrected chi connectivity index (χ2v) is 5.36. The molecule has 0 aromatic heterocycles. The third-order valence-corrected chi connectivity index (χ3v) is 4.01. The largest absolute Gasteiger partial charge is 0.324 e. The van der Waals surface area contributed by atoms with Crippen LogP contribution in [0.3, 0.4) is 0 Å². The van der Waals surface area contributed by atoms with Gasteiger partial charge in [0.2, 0.25) is 5.91 Å². The van der Waals surface area contributed by atoms with Crippen LogP contribution in [0.15, 0.2) is 52.3 Å². The first-order chi connectivity index (χ1) is 9.15. The molecule has 0 saturated carbocycles. The summed E-state index contributed by atoms with van der Waals surface area (Å²) in [6, 6.07) is 11.4. The van der Waals surface area contributed by atoms with Crippen LogP contribution in [0, 0.1) is 5.82 Å². The van der Waals surface area contributed by atoms with E-state index >= 15 is 0 Å². The molecule has 1 atom stereocenters. The van der Waals surface area contributed by atoms with Crippen molar-refractivity contribution < 1.29 is 9.18 Å². The van der Waals surface area contributed by atoms with Gasteiger partial charge in [-0.25, -0.2) is 4.39 Å². The van der Waals surface area contributed by atoms with E-state index in [4.69, 9.17) is 5.73 Å². The van der Waals surface area contributed by atoms with Gasteiger partial charge in [-0.1, -0.05) is 30.0 Å². The zero-order chi connectivity index (χ0) is 13.4. The van der Waals surface area contributed by atoms with Gasteiger partial charge in [-0.15, -0.1) is 0 Å². The van der Waals surface area contributed by atoms with Crippen LogP contribution in [0.1, 0.15) is 11.6 Å². The number of hydrogen-bond acceptors (Lipinski definition) is 3. The minimum absolute atomic E-state index is 0.206. The molecule has 0 spiro atoms. The minimum Gasteiger partial charge on any atom is -0.324 e. The lowest BCUT2D eigenvalue weighted by Gasteiger charge is -2.06. The van der Waals surface area contributed by atoms with Crippen LogP contribution in [0.2, 0.25) is 0 Å². The Morgan fingerprint density at radius 3 is 2.79 bits per heavy atom. The maximum Gasteiger partial charge on any atom is 0.245 e. The summed E-state index contributed by atoms with van der Waals surface area (Å²) < 4.78 is 13.6. The van der Waals surface area contributed by atoms with Crippen molar-refractivity contribution in [3.8, 4) is 0 Å². The third kappa shape index (κ3) is 2.22. The Kier molecular flexibility index (Phi) is 3.00. The Labute approximate surface area is 114 Å². The SMILES string of the molecule is NC1C(=O)Nc2cc(Sc3ccccc3F)ccc21. The normalized spacial score (nSPS) is 17.2. The molecule has 0 saturated heterocycles. The molecule has 3 N–H and O–H groups in total. The highest BCUT2D eigenvalue weighted by atomic mass is 32.2. The molecule has 19 heavy (non-hydrogen) atoms. The maximum absolute atomic E-state index is 13.6. The number of hydrogen-bond donors (Lipinski definition) is 2. The van der Waals surface area contributed by atoms with Crippen molar-refractivity contribution in [2.45, 2.75) is 15.8 Å². The van der Waals surface area contributed by atoms with E-state index < -0.39 is 6.04 Å². The van der Waals surface area contributed by atoms with Crippen LogP contribution in [0.4, 0.5) is 10.1 Å². The van der Waals surface area contributed by atoms with E-state index in [9.17, 15) is 9.18 Å². The third-order valence-electron chi connectivity index (χ3n) is 2.96.